The number of amidine groups is 1. The van der Waals surface area contributed by atoms with Crippen molar-refractivity contribution in [1.29, 1.82) is 0 Å². The molecule has 0 bridgehead atoms. The van der Waals surface area contributed by atoms with Crippen molar-refractivity contribution in [2.75, 3.05) is 0 Å². The molecule has 0 atom stereocenters. The van der Waals surface area contributed by atoms with Crippen molar-refractivity contribution in [2.24, 2.45) is 10.7 Å². The molecule has 0 aliphatic heterocycles. The summed E-state index contributed by atoms with van der Waals surface area (Å²) in [5.74, 6) is -1.42. The highest BCUT2D eigenvalue weighted by Gasteiger charge is 2.32. The van der Waals surface area contributed by atoms with E-state index in [9.17, 15) is 13.2 Å². The van der Waals surface area contributed by atoms with Gasteiger partial charge >= 0.3 is 6.18 Å². The molecule has 0 aromatic heterocycles. The summed E-state index contributed by atoms with van der Waals surface area (Å²) in [5, 5.41) is 0.0775. The van der Waals surface area contributed by atoms with Gasteiger partial charge in [-0.1, -0.05) is 18.2 Å². The van der Waals surface area contributed by atoms with Crippen LogP contribution in [0.2, 0.25) is 0 Å². The molecular formula is C6H6ClF3N2. The van der Waals surface area contributed by atoms with E-state index in [0.29, 0.717) is 0 Å². The number of allylic oxidation sites excluding steroid dienone is 2. The molecule has 68 valence electrons. The molecule has 0 amide bonds. The molecule has 0 radical (unpaired) electrons. The van der Waals surface area contributed by atoms with E-state index < -0.39 is 12.0 Å². The highest BCUT2D eigenvalue weighted by molar-refractivity contribution is 6.30. The van der Waals surface area contributed by atoms with Crippen LogP contribution in [0.3, 0.4) is 0 Å². The Hall–Kier alpha value is -0.970. The first-order valence-electron chi connectivity index (χ1n) is 2.75. The molecule has 0 aromatic rings. The molecule has 0 spiro atoms. The lowest BCUT2D eigenvalue weighted by atomic mass is 10.5. The number of halogens is 4. The molecule has 0 saturated carbocycles. The number of hydrogen-bond acceptors (Lipinski definition) is 1. The quantitative estimate of drug-likeness (QED) is 0.412. The van der Waals surface area contributed by atoms with E-state index in [1.807, 2.05) is 0 Å². The lowest BCUT2D eigenvalue weighted by Gasteiger charge is -2.01. The topological polar surface area (TPSA) is 38.4 Å². The third-order valence-electron chi connectivity index (χ3n) is 0.759. The second-order valence-electron chi connectivity index (χ2n) is 1.77. The van der Waals surface area contributed by atoms with Crippen molar-refractivity contribution in [1.82, 2.24) is 0 Å². The largest absolute Gasteiger partial charge is 0.448 e. The summed E-state index contributed by atoms with van der Waals surface area (Å²) in [6.07, 6.45) is -2.67. The van der Waals surface area contributed by atoms with Gasteiger partial charge in [0, 0.05) is 11.2 Å². The number of aliphatic imine (C=N–C) groups is 1. The Bertz CT molecular complexity index is 229. The third kappa shape index (κ3) is 4.79. The van der Waals surface area contributed by atoms with Crippen LogP contribution in [0.4, 0.5) is 13.2 Å². The Morgan fingerprint density at radius 3 is 2.33 bits per heavy atom. The van der Waals surface area contributed by atoms with E-state index in [1.165, 1.54) is 0 Å². The zero-order valence-corrected chi connectivity index (χ0v) is 6.65. The number of nitrogens with two attached hydrogens (primary N) is 1. The van der Waals surface area contributed by atoms with Crippen LogP contribution in [0.1, 0.15) is 0 Å². The predicted octanol–water partition coefficient (Wildman–Crippen LogP) is 2.17. The Labute approximate surface area is 72.2 Å². The minimum atomic E-state index is -4.60. The first kappa shape index (κ1) is 11.0. The van der Waals surface area contributed by atoms with Crippen LogP contribution in [-0.2, 0) is 0 Å². The van der Waals surface area contributed by atoms with Crippen molar-refractivity contribution in [3.63, 3.8) is 0 Å². The van der Waals surface area contributed by atoms with Crippen LogP contribution in [0.25, 0.3) is 0 Å². The fraction of sp³-hybridized carbons (Fsp3) is 0.167. The molecule has 2 N–H and O–H groups in total. The zero-order chi connectivity index (χ0) is 9.78. The Balaban J connectivity index is 4.29. The van der Waals surface area contributed by atoms with Gasteiger partial charge in [-0.25, -0.2) is 4.99 Å². The van der Waals surface area contributed by atoms with E-state index in [0.717, 1.165) is 12.3 Å². The van der Waals surface area contributed by atoms with Gasteiger partial charge in [0.2, 0.25) is 5.84 Å². The second-order valence-corrected chi connectivity index (χ2v) is 2.26. The molecule has 2 nitrogen and oxygen atoms in total. The lowest BCUT2D eigenvalue weighted by Crippen LogP contribution is -2.30. The van der Waals surface area contributed by atoms with Gasteiger partial charge in [-0.2, -0.15) is 13.2 Å². The maximum absolute atomic E-state index is 11.6. The predicted molar refractivity (Wildman–Crippen MR) is 41.8 cm³/mol. The summed E-state index contributed by atoms with van der Waals surface area (Å²) >= 11 is 5.20. The van der Waals surface area contributed by atoms with E-state index in [2.05, 4.69) is 17.3 Å². The van der Waals surface area contributed by atoms with Crippen LogP contribution in [0.5, 0.6) is 0 Å². The number of hydrogen-bond donors (Lipinski definition) is 1. The monoisotopic (exact) mass is 198 g/mol. The third-order valence-corrected chi connectivity index (χ3v) is 0.885. The maximum Gasteiger partial charge on any atom is 0.448 e. The van der Waals surface area contributed by atoms with Crippen molar-refractivity contribution in [3.05, 3.63) is 23.9 Å². The van der Waals surface area contributed by atoms with Crippen LogP contribution in [-0.4, -0.2) is 12.0 Å². The van der Waals surface area contributed by atoms with E-state index >= 15 is 0 Å². The molecule has 0 unspecified atom stereocenters. The normalized spacial score (nSPS) is 13.8. The molecule has 0 aliphatic rings. The summed E-state index contributed by atoms with van der Waals surface area (Å²) in [4.78, 5) is 2.88. The summed E-state index contributed by atoms with van der Waals surface area (Å²) < 4.78 is 34.9. The highest BCUT2D eigenvalue weighted by Crippen LogP contribution is 2.14. The van der Waals surface area contributed by atoms with Crippen molar-refractivity contribution < 1.29 is 13.2 Å². The molecule has 0 fully saturated rings. The van der Waals surface area contributed by atoms with Crippen LogP contribution in [0, 0.1) is 0 Å². The Kier molecular flexibility index (Phi) is 3.82. The van der Waals surface area contributed by atoms with Crippen LogP contribution in [0.15, 0.2) is 28.9 Å². The van der Waals surface area contributed by atoms with Gasteiger partial charge in [0.15, 0.2) is 0 Å². The maximum atomic E-state index is 11.6. The van der Waals surface area contributed by atoms with Gasteiger partial charge in [-0.05, 0) is 6.08 Å². The molecule has 0 heterocycles. The van der Waals surface area contributed by atoms with Gasteiger partial charge in [0.05, 0.1) is 0 Å². The van der Waals surface area contributed by atoms with Crippen molar-refractivity contribution >= 4 is 17.4 Å². The molecule has 12 heavy (non-hydrogen) atoms. The molecular weight excluding hydrogens is 193 g/mol. The minimum Gasteiger partial charge on any atom is -0.380 e. The average Bonchev–Trinajstić information content (AvgIpc) is 1.84. The van der Waals surface area contributed by atoms with Gasteiger partial charge in [0.1, 0.15) is 0 Å². The standard InChI is InChI=1S/C6H6ClF3N2/c1-4(7)2-3-12-5(11)6(8,9)10/h2-3H,1H2,(H2,11,12)/b3-2-. The van der Waals surface area contributed by atoms with Gasteiger partial charge in [-0.3, -0.25) is 0 Å². The second kappa shape index (κ2) is 4.15. The number of alkyl halides is 3. The summed E-state index contributed by atoms with van der Waals surface area (Å²) in [6.45, 7) is 3.20. The van der Waals surface area contributed by atoms with Crippen molar-refractivity contribution in [3.8, 4) is 0 Å². The first-order chi connectivity index (χ1) is 5.34. The molecule has 0 rings (SSSR count). The minimum absolute atomic E-state index is 0.0775. The number of nitrogens with zero attached hydrogens (tertiary/aromatic N) is 1. The number of rotatable bonds is 2. The van der Waals surface area contributed by atoms with Gasteiger partial charge < -0.3 is 5.73 Å². The van der Waals surface area contributed by atoms with Crippen LogP contribution < -0.4 is 5.73 Å². The van der Waals surface area contributed by atoms with Gasteiger partial charge in [-0.15, -0.1) is 0 Å². The Morgan fingerprint density at radius 2 is 2.00 bits per heavy atom. The fourth-order valence-corrected chi connectivity index (χ4v) is 0.328. The average molecular weight is 199 g/mol. The first-order valence-corrected chi connectivity index (χ1v) is 3.13. The molecule has 0 aromatic carbocycles. The lowest BCUT2D eigenvalue weighted by molar-refractivity contribution is -0.0598. The highest BCUT2D eigenvalue weighted by atomic mass is 35.5. The summed E-state index contributed by atoms with van der Waals surface area (Å²) in [6, 6.07) is 0. The summed E-state index contributed by atoms with van der Waals surface area (Å²) in [7, 11) is 0. The SMILES string of the molecule is C=C(Cl)/C=C\N=C(N)C(F)(F)F. The van der Waals surface area contributed by atoms with E-state index in [-0.39, 0.29) is 5.03 Å². The van der Waals surface area contributed by atoms with Crippen LogP contribution >= 0.6 is 11.6 Å². The zero-order valence-electron chi connectivity index (χ0n) is 5.90. The van der Waals surface area contributed by atoms with E-state index in [4.69, 9.17) is 11.6 Å². The molecule has 0 aliphatic carbocycles. The van der Waals surface area contributed by atoms with Gasteiger partial charge in [0.25, 0.3) is 0 Å². The van der Waals surface area contributed by atoms with Crippen molar-refractivity contribution in [2.45, 2.75) is 6.18 Å². The van der Waals surface area contributed by atoms with E-state index in [1.54, 1.807) is 0 Å². The smallest absolute Gasteiger partial charge is 0.380 e. The fourth-order valence-electron chi connectivity index (χ4n) is 0.272. The molecule has 0 saturated heterocycles. The molecule has 6 heteroatoms. The Morgan fingerprint density at radius 1 is 1.50 bits per heavy atom. The summed E-state index contributed by atoms with van der Waals surface area (Å²) in [5.41, 5.74) is 4.54.